The average Bonchev–Trinajstić information content (AvgIpc) is 3.01. The van der Waals surface area contributed by atoms with Crippen molar-refractivity contribution in [3.8, 4) is 11.5 Å². The largest absolute Gasteiger partial charge is 0.493 e. The molecule has 0 bridgehead atoms. The Balaban J connectivity index is 1.80. The first-order chi connectivity index (χ1) is 15.4. The number of benzene rings is 2. The average molecular weight is 473 g/mol. The second-order valence-electron chi connectivity index (χ2n) is 6.73. The van der Waals surface area contributed by atoms with Gasteiger partial charge in [-0.05, 0) is 60.2 Å². The number of hydrogen-bond acceptors (Lipinski definition) is 6. The molecule has 32 heavy (non-hydrogen) atoms. The first-order valence-electron chi connectivity index (χ1n) is 9.52. The van der Waals surface area contributed by atoms with Crippen molar-refractivity contribution >= 4 is 52.2 Å². The summed E-state index contributed by atoms with van der Waals surface area (Å²) in [4.78, 5) is 38.6. The highest BCUT2D eigenvalue weighted by atomic mass is 35.5. The van der Waals surface area contributed by atoms with Crippen LogP contribution >= 0.6 is 23.4 Å². The predicted octanol–water partition coefficient (Wildman–Crippen LogP) is 4.76. The minimum Gasteiger partial charge on any atom is -0.493 e. The van der Waals surface area contributed by atoms with Crippen molar-refractivity contribution in [2.45, 2.75) is 6.42 Å². The van der Waals surface area contributed by atoms with Crippen molar-refractivity contribution in [2.24, 2.45) is 0 Å². The van der Waals surface area contributed by atoms with Crippen molar-refractivity contribution in [2.75, 3.05) is 26.1 Å². The normalized spacial score (nSPS) is 14.6. The second kappa shape index (κ2) is 10.4. The van der Waals surface area contributed by atoms with E-state index in [4.69, 9.17) is 21.1 Å². The number of ether oxygens (including phenoxy) is 2. The summed E-state index contributed by atoms with van der Waals surface area (Å²) in [5.74, 6) is 0.0325. The lowest BCUT2D eigenvalue weighted by Gasteiger charge is -2.13. The van der Waals surface area contributed by atoms with Gasteiger partial charge in [0.2, 0.25) is 5.91 Å². The molecule has 1 aliphatic heterocycles. The Morgan fingerprint density at radius 1 is 1.22 bits per heavy atom. The van der Waals surface area contributed by atoms with Gasteiger partial charge in [0.15, 0.2) is 11.5 Å². The van der Waals surface area contributed by atoms with Crippen LogP contribution in [-0.2, 0) is 16.0 Å². The van der Waals surface area contributed by atoms with Crippen molar-refractivity contribution in [3.05, 3.63) is 70.1 Å². The van der Waals surface area contributed by atoms with E-state index < -0.39 is 23.6 Å². The van der Waals surface area contributed by atoms with Crippen LogP contribution in [0.2, 0.25) is 5.02 Å². The summed E-state index contributed by atoms with van der Waals surface area (Å²) in [6, 6.07) is 10.1. The number of nitrogens with one attached hydrogen (secondary N) is 1. The van der Waals surface area contributed by atoms with Gasteiger partial charge in [-0.2, -0.15) is 0 Å². The van der Waals surface area contributed by atoms with Crippen LogP contribution in [0.4, 0.5) is 10.5 Å². The molecule has 0 spiro atoms. The first kappa shape index (κ1) is 23.4. The summed E-state index contributed by atoms with van der Waals surface area (Å²) in [5, 5.41) is 2.57. The maximum atomic E-state index is 12.8. The van der Waals surface area contributed by atoms with Crippen molar-refractivity contribution in [3.63, 3.8) is 0 Å². The fraction of sp³-hybridized carbons (Fsp3) is 0.174. The van der Waals surface area contributed by atoms with Crippen molar-refractivity contribution in [1.29, 1.82) is 0 Å². The molecule has 2 aromatic rings. The molecule has 2 aromatic carbocycles. The Bertz CT molecular complexity index is 1120. The fourth-order valence-electron chi connectivity index (χ4n) is 3.16. The molecule has 9 heteroatoms. The number of carbonyl (C=O) groups excluding carboxylic acids is 3. The highest BCUT2D eigenvalue weighted by Gasteiger charge is 2.36. The molecule has 166 valence electrons. The van der Waals surface area contributed by atoms with Crippen molar-refractivity contribution < 1.29 is 23.9 Å². The molecule has 0 saturated carbocycles. The molecule has 1 fully saturated rings. The Labute approximate surface area is 195 Å². The van der Waals surface area contributed by atoms with Crippen LogP contribution in [0, 0.1) is 0 Å². The summed E-state index contributed by atoms with van der Waals surface area (Å²) in [6.45, 7) is 3.35. The SMILES string of the molecule is C=CCc1cc(/C=C2\SC(=O)N(CC(=O)Nc3cccc(Cl)c3)C2=O)cc(OC)c1OC. The van der Waals surface area contributed by atoms with Gasteiger partial charge in [0.25, 0.3) is 11.1 Å². The Morgan fingerprint density at radius 3 is 2.66 bits per heavy atom. The molecular formula is C23H21ClN2O5S. The van der Waals surface area contributed by atoms with Gasteiger partial charge in [-0.3, -0.25) is 19.3 Å². The third-order valence-electron chi connectivity index (χ3n) is 4.52. The molecule has 0 aromatic heterocycles. The molecule has 0 radical (unpaired) electrons. The van der Waals surface area contributed by atoms with Crippen LogP contribution in [0.15, 0.2) is 54.0 Å². The fourth-order valence-corrected chi connectivity index (χ4v) is 4.18. The van der Waals surface area contributed by atoms with E-state index in [1.54, 1.807) is 49.6 Å². The zero-order valence-electron chi connectivity index (χ0n) is 17.5. The summed E-state index contributed by atoms with van der Waals surface area (Å²) < 4.78 is 10.8. The van der Waals surface area contributed by atoms with E-state index in [2.05, 4.69) is 11.9 Å². The lowest BCUT2D eigenvalue weighted by molar-refractivity contribution is -0.127. The number of rotatable bonds is 8. The van der Waals surface area contributed by atoms with Gasteiger partial charge in [0.05, 0.1) is 19.1 Å². The van der Waals surface area contributed by atoms with Crippen LogP contribution in [0.5, 0.6) is 11.5 Å². The summed E-state index contributed by atoms with van der Waals surface area (Å²) in [6.07, 6.45) is 3.86. The molecule has 1 saturated heterocycles. The molecule has 0 aliphatic carbocycles. The maximum Gasteiger partial charge on any atom is 0.294 e. The van der Waals surface area contributed by atoms with E-state index in [0.29, 0.717) is 34.2 Å². The van der Waals surface area contributed by atoms with E-state index >= 15 is 0 Å². The number of amides is 3. The number of imide groups is 1. The Kier molecular flexibility index (Phi) is 7.61. The number of allylic oxidation sites excluding steroid dienone is 1. The topological polar surface area (TPSA) is 84.9 Å². The molecule has 1 N–H and O–H groups in total. The maximum absolute atomic E-state index is 12.8. The van der Waals surface area contributed by atoms with Gasteiger partial charge in [-0.15, -0.1) is 6.58 Å². The van der Waals surface area contributed by atoms with Crippen molar-refractivity contribution in [1.82, 2.24) is 4.90 Å². The van der Waals surface area contributed by atoms with E-state index in [1.807, 2.05) is 6.07 Å². The summed E-state index contributed by atoms with van der Waals surface area (Å²) >= 11 is 6.68. The van der Waals surface area contributed by atoms with E-state index in [0.717, 1.165) is 22.2 Å². The van der Waals surface area contributed by atoms with Crippen LogP contribution in [-0.4, -0.2) is 42.7 Å². The molecule has 1 heterocycles. The molecule has 7 nitrogen and oxygen atoms in total. The number of anilines is 1. The monoisotopic (exact) mass is 472 g/mol. The molecule has 3 rings (SSSR count). The van der Waals surface area contributed by atoms with Crippen LogP contribution in [0.3, 0.4) is 0 Å². The minimum absolute atomic E-state index is 0.210. The van der Waals surface area contributed by atoms with E-state index in [1.165, 1.54) is 7.11 Å². The van der Waals surface area contributed by atoms with Gasteiger partial charge in [0, 0.05) is 16.3 Å². The van der Waals surface area contributed by atoms with Crippen LogP contribution < -0.4 is 14.8 Å². The van der Waals surface area contributed by atoms with Gasteiger partial charge in [-0.25, -0.2) is 0 Å². The quantitative estimate of drug-likeness (QED) is 0.440. The molecule has 0 unspecified atom stereocenters. The zero-order valence-corrected chi connectivity index (χ0v) is 19.1. The predicted molar refractivity (Wildman–Crippen MR) is 126 cm³/mol. The van der Waals surface area contributed by atoms with E-state index in [-0.39, 0.29) is 4.91 Å². The number of halogens is 1. The Hall–Kier alpha value is -3.23. The molecular weight excluding hydrogens is 452 g/mol. The third-order valence-corrected chi connectivity index (χ3v) is 5.67. The first-order valence-corrected chi connectivity index (χ1v) is 10.7. The van der Waals surface area contributed by atoms with Crippen LogP contribution in [0.25, 0.3) is 6.08 Å². The Morgan fingerprint density at radius 2 is 2.00 bits per heavy atom. The van der Waals surface area contributed by atoms with Crippen LogP contribution in [0.1, 0.15) is 11.1 Å². The molecule has 3 amide bonds. The molecule has 0 atom stereocenters. The number of methoxy groups -OCH3 is 2. The number of hydrogen-bond donors (Lipinski definition) is 1. The van der Waals surface area contributed by atoms with Gasteiger partial charge in [0.1, 0.15) is 6.54 Å². The number of carbonyl (C=O) groups is 3. The number of thioether (sulfide) groups is 1. The van der Waals surface area contributed by atoms with Gasteiger partial charge < -0.3 is 14.8 Å². The highest BCUT2D eigenvalue weighted by molar-refractivity contribution is 8.18. The minimum atomic E-state index is -0.540. The van der Waals surface area contributed by atoms with Gasteiger partial charge in [-0.1, -0.05) is 23.7 Å². The van der Waals surface area contributed by atoms with E-state index in [9.17, 15) is 14.4 Å². The zero-order chi connectivity index (χ0) is 23.3. The summed E-state index contributed by atoms with van der Waals surface area (Å²) in [7, 11) is 3.07. The smallest absolute Gasteiger partial charge is 0.294 e. The standard InChI is InChI=1S/C23H21ClN2O5S/c1-4-6-15-9-14(10-18(30-2)21(15)31-3)11-19-22(28)26(23(29)32-19)13-20(27)25-17-8-5-7-16(24)12-17/h4-5,7-12H,1,6,13H2,2-3H3,(H,25,27)/b19-11-. The highest BCUT2D eigenvalue weighted by Crippen LogP contribution is 2.37. The third kappa shape index (κ3) is 5.33. The number of nitrogens with zero attached hydrogens (tertiary/aromatic N) is 1. The van der Waals surface area contributed by atoms with Gasteiger partial charge >= 0.3 is 0 Å². The second-order valence-corrected chi connectivity index (χ2v) is 8.16. The lowest BCUT2D eigenvalue weighted by Crippen LogP contribution is -2.36. The molecule has 1 aliphatic rings. The lowest BCUT2D eigenvalue weighted by atomic mass is 10.0. The summed E-state index contributed by atoms with van der Waals surface area (Å²) in [5.41, 5.74) is 1.96.